The number of anilines is 4. The molecule has 0 bridgehead atoms. The molecule has 2 amide bonds. The van der Waals surface area contributed by atoms with E-state index in [0.29, 0.717) is 29.3 Å². The number of rotatable bonds is 8. The van der Waals surface area contributed by atoms with E-state index in [1.54, 1.807) is 13.3 Å². The van der Waals surface area contributed by atoms with Gasteiger partial charge >= 0.3 is 0 Å². The van der Waals surface area contributed by atoms with Gasteiger partial charge in [-0.25, -0.2) is 4.98 Å². The summed E-state index contributed by atoms with van der Waals surface area (Å²) in [7, 11) is 1.55. The topological polar surface area (TPSA) is 108 Å². The highest BCUT2D eigenvalue weighted by molar-refractivity contribution is 6.32. The molecule has 0 atom stereocenters. The summed E-state index contributed by atoms with van der Waals surface area (Å²) in [5.74, 6) is 1.40. The predicted octanol–water partition coefficient (Wildman–Crippen LogP) is 5.38. The normalized spacial score (nSPS) is 16.4. The molecule has 0 unspecified atom stereocenters. The average Bonchev–Trinajstić information content (AvgIpc) is 3.18. The van der Waals surface area contributed by atoms with Crippen LogP contribution in [-0.2, 0) is 26.3 Å². The summed E-state index contributed by atoms with van der Waals surface area (Å²) in [4.78, 5) is 35.4. The molecule has 9 nitrogen and oxygen atoms in total. The Labute approximate surface area is 239 Å². The van der Waals surface area contributed by atoms with Crippen molar-refractivity contribution >= 4 is 46.6 Å². The number of piperidine rings is 1. The first kappa shape index (κ1) is 27.9. The van der Waals surface area contributed by atoms with Crippen LogP contribution in [-0.4, -0.2) is 53.5 Å². The molecule has 10 heteroatoms. The number of aryl methyl sites for hydroxylation is 1. The maximum absolute atomic E-state index is 12.4. The number of amides is 2. The lowest BCUT2D eigenvalue weighted by molar-refractivity contribution is -0.136. The fourth-order valence-electron chi connectivity index (χ4n) is 5.59. The van der Waals surface area contributed by atoms with Gasteiger partial charge in [-0.1, -0.05) is 35.9 Å². The molecule has 3 heterocycles. The van der Waals surface area contributed by atoms with E-state index >= 15 is 0 Å². The van der Waals surface area contributed by atoms with Crippen molar-refractivity contribution in [2.75, 3.05) is 42.8 Å². The molecule has 3 N–H and O–H groups in total. The molecule has 0 saturated carbocycles. The van der Waals surface area contributed by atoms with Crippen molar-refractivity contribution < 1.29 is 14.3 Å². The van der Waals surface area contributed by atoms with Crippen LogP contribution >= 0.6 is 11.6 Å². The standard InChI is InChI=1S/C30H35ClN6O3/c1-18-14-20(19-10-12-37(13-11-19)25(38)17-40-4)8-9-23(18)35-29-33-16-22(31)27(36-29)32-15-21-6-5-7-24-26(21)30(2,3)28(39)34-24/h5-9,14,16,19H,10-13,15,17H2,1-4H3,(H,34,39)(H2,32,33,35,36). The van der Waals surface area contributed by atoms with Gasteiger partial charge in [-0.05, 0) is 73.9 Å². The molecule has 5 rings (SSSR count). The van der Waals surface area contributed by atoms with Gasteiger partial charge in [-0.15, -0.1) is 0 Å². The molecule has 0 spiro atoms. The number of carbonyl (C=O) groups excluding carboxylic acids is 2. The second kappa shape index (κ2) is 11.4. The molecule has 40 heavy (non-hydrogen) atoms. The number of aromatic nitrogens is 2. The maximum atomic E-state index is 12.4. The number of benzene rings is 2. The Hall–Kier alpha value is -3.69. The minimum absolute atomic E-state index is 0.00877. The van der Waals surface area contributed by atoms with Crippen LogP contribution in [0.5, 0.6) is 0 Å². The number of hydrogen-bond acceptors (Lipinski definition) is 7. The Morgan fingerprint density at radius 3 is 2.73 bits per heavy atom. The second-order valence-corrected chi connectivity index (χ2v) is 11.4. The highest BCUT2D eigenvalue weighted by Crippen LogP contribution is 2.40. The van der Waals surface area contributed by atoms with Crippen molar-refractivity contribution in [3.8, 4) is 0 Å². The zero-order valence-corrected chi connectivity index (χ0v) is 24.1. The molecule has 1 aromatic heterocycles. The number of fused-ring (bicyclic) bond motifs is 1. The third-order valence-corrected chi connectivity index (χ3v) is 8.14. The van der Waals surface area contributed by atoms with Crippen LogP contribution in [0.4, 0.5) is 23.1 Å². The lowest BCUT2D eigenvalue weighted by Gasteiger charge is -2.32. The molecule has 3 aromatic rings. The van der Waals surface area contributed by atoms with E-state index in [4.69, 9.17) is 16.3 Å². The summed E-state index contributed by atoms with van der Waals surface area (Å²) >= 11 is 6.43. The van der Waals surface area contributed by atoms with Crippen molar-refractivity contribution in [3.05, 3.63) is 69.9 Å². The predicted molar refractivity (Wildman–Crippen MR) is 157 cm³/mol. The molecule has 0 aliphatic carbocycles. The summed E-state index contributed by atoms with van der Waals surface area (Å²) in [6, 6.07) is 12.2. The lowest BCUT2D eigenvalue weighted by Crippen LogP contribution is -2.39. The molecule has 2 aliphatic heterocycles. The number of ether oxygens (including phenoxy) is 1. The Bertz CT molecular complexity index is 1430. The number of halogens is 1. The van der Waals surface area contributed by atoms with Gasteiger partial charge in [0.25, 0.3) is 0 Å². The van der Waals surface area contributed by atoms with Gasteiger partial charge in [0, 0.05) is 38.1 Å². The highest BCUT2D eigenvalue weighted by atomic mass is 35.5. The van der Waals surface area contributed by atoms with Crippen LogP contribution in [0.2, 0.25) is 5.02 Å². The fourth-order valence-corrected chi connectivity index (χ4v) is 5.75. The number of carbonyl (C=O) groups is 2. The van der Waals surface area contributed by atoms with Gasteiger partial charge < -0.3 is 25.6 Å². The summed E-state index contributed by atoms with van der Waals surface area (Å²) in [6.45, 7) is 8.01. The highest BCUT2D eigenvalue weighted by Gasteiger charge is 2.39. The van der Waals surface area contributed by atoms with Crippen LogP contribution in [0, 0.1) is 6.92 Å². The monoisotopic (exact) mass is 562 g/mol. The number of likely N-dealkylation sites (tertiary alicyclic amines) is 1. The lowest BCUT2D eigenvalue weighted by atomic mass is 9.83. The summed E-state index contributed by atoms with van der Waals surface area (Å²) in [5, 5.41) is 10.0. The van der Waals surface area contributed by atoms with Gasteiger partial charge in [0.1, 0.15) is 11.6 Å². The molecule has 2 aliphatic rings. The first-order valence-electron chi connectivity index (χ1n) is 13.5. The van der Waals surface area contributed by atoms with E-state index in [-0.39, 0.29) is 18.4 Å². The largest absolute Gasteiger partial charge is 0.375 e. The third kappa shape index (κ3) is 5.62. The van der Waals surface area contributed by atoms with Crippen molar-refractivity contribution in [3.63, 3.8) is 0 Å². The summed E-state index contributed by atoms with van der Waals surface area (Å²) in [5.41, 5.74) is 5.49. The molecule has 210 valence electrons. The number of nitrogens with zero attached hydrogens (tertiary/aromatic N) is 3. The van der Waals surface area contributed by atoms with Crippen molar-refractivity contribution in [1.82, 2.24) is 14.9 Å². The van der Waals surface area contributed by atoms with Crippen molar-refractivity contribution in [2.24, 2.45) is 0 Å². The van der Waals surface area contributed by atoms with Crippen LogP contribution < -0.4 is 16.0 Å². The van der Waals surface area contributed by atoms with E-state index in [9.17, 15) is 9.59 Å². The fraction of sp³-hybridized carbons (Fsp3) is 0.400. The number of hydrogen-bond donors (Lipinski definition) is 3. The molecular formula is C30H35ClN6O3. The third-order valence-electron chi connectivity index (χ3n) is 7.87. The van der Waals surface area contributed by atoms with Gasteiger partial charge in [-0.3, -0.25) is 9.59 Å². The summed E-state index contributed by atoms with van der Waals surface area (Å²) in [6.07, 6.45) is 3.44. The van der Waals surface area contributed by atoms with E-state index in [1.165, 1.54) is 5.56 Å². The minimum Gasteiger partial charge on any atom is -0.375 e. The Kier molecular flexibility index (Phi) is 7.96. The zero-order chi connectivity index (χ0) is 28.4. The van der Waals surface area contributed by atoms with Gasteiger partial charge in [0.05, 0.1) is 11.6 Å². The van der Waals surface area contributed by atoms with E-state index in [0.717, 1.165) is 54.0 Å². The Morgan fingerprint density at radius 2 is 2.00 bits per heavy atom. The number of nitrogens with one attached hydrogen (secondary N) is 3. The first-order valence-corrected chi connectivity index (χ1v) is 13.9. The van der Waals surface area contributed by atoms with Crippen molar-refractivity contribution in [2.45, 2.75) is 51.5 Å². The molecule has 2 aromatic carbocycles. The molecular weight excluding hydrogens is 528 g/mol. The average molecular weight is 563 g/mol. The molecule has 0 radical (unpaired) electrons. The Morgan fingerprint density at radius 1 is 1.23 bits per heavy atom. The zero-order valence-electron chi connectivity index (χ0n) is 23.3. The Balaban J connectivity index is 1.25. The smallest absolute Gasteiger partial charge is 0.248 e. The maximum Gasteiger partial charge on any atom is 0.248 e. The van der Waals surface area contributed by atoms with Crippen LogP contribution in [0.15, 0.2) is 42.6 Å². The van der Waals surface area contributed by atoms with Gasteiger partial charge in [0.2, 0.25) is 17.8 Å². The molecule has 1 saturated heterocycles. The minimum atomic E-state index is -0.613. The van der Waals surface area contributed by atoms with E-state index < -0.39 is 5.41 Å². The summed E-state index contributed by atoms with van der Waals surface area (Å²) < 4.78 is 4.99. The first-order chi connectivity index (χ1) is 19.2. The van der Waals surface area contributed by atoms with E-state index in [2.05, 4.69) is 51.0 Å². The van der Waals surface area contributed by atoms with Gasteiger partial charge in [-0.2, -0.15) is 4.98 Å². The van der Waals surface area contributed by atoms with Crippen LogP contribution in [0.25, 0.3) is 0 Å². The van der Waals surface area contributed by atoms with Crippen LogP contribution in [0.3, 0.4) is 0 Å². The van der Waals surface area contributed by atoms with E-state index in [1.807, 2.05) is 36.9 Å². The second-order valence-electron chi connectivity index (χ2n) is 10.9. The molecule has 1 fully saturated rings. The van der Waals surface area contributed by atoms with Crippen molar-refractivity contribution in [1.29, 1.82) is 0 Å². The van der Waals surface area contributed by atoms with Crippen LogP contribution in [0.1, 0.15) is 54.9 Å². The SMILES string of the molecule is COCC(=O)N1CCC(c2ccc(Nc3ncc(Cl)c(NCc4cccc5c4C(C)(C)C(=O)N5)n3)c(C)c2)CC1. The quantitative estimate of drug-likeness (QED) is 0.338. The van der Waals surface area contributed by atoms with Gasteiger partial charge in [0.15, 0.2) is 5.82 Å². The number of methoxy groups -OCH3 is 1.